The van der Waals surface area contributed by atoms with E-state index < -0.39 is 0 Å². The minimum atomic E-state index is -0.0777. The summed E-state index contributed by atoms with van der Waals surface area (Å²) in [6, 6.07) is 8.70. The van der Waals surface area contributed by atoms with E-state index in [1.165, 1.54) is 4.90 Å². The van der Waals surface area contributed by atoms with E-state index in [0.717, 1.165) is 19.6 Å². The molecule has 1 amide bonds. The molecule has 2 N–H and O–H groups in total. The minimum absolute atomic E-state index is 0.0777. The summed E-state index contributed by atoms with van der Waals surface area (Å²) in [5, 5.41) is 11.6. The summed E-state index contributed by atoms with van der Waals surface area (Å²) < 4.78 is 0. The van der Waals surface area contributed by atoms with Crippen LogP contribution in [0.4, 0.5) is 0 Å². The van der Waals surface area contributed by atoms with Crippen LogP contribution in [0.2, 0.25) is 0 Å². The minimum Gasteiger partial charge on any atom is -0.346 e. The molecule has 0 aromatic heterocycles. The summed E-state index contributed by atoms with van der Waals surface area (Å²) in [4.78, 5) is 13.3. The molecule has 0 heterocycles. The van der Waals surface area contributed by atoms with Crippen LogP contribution in [0, 0.1) is 11.3 Å². The summed E-state index contributed by atoms with van der Waals surface area (Å²) in [6.45, 7) is 8.04. The molecule has 96 valence electrons. The predicted molar refractivity (Wildman–Crippen MR) is 70.4 cm³/mol. The maximum Gasteiger partial charge on any atom is 0.251 e. The first-order valence-corrected chi connectivity index (χ1v) is 6.33. The van der Waals surface area contributed by atoms with Crippen LogP contribution in [0.15, 0.2) is 24.3 Å². The number of carbonyl (C=O) groups excluding carboxylic acids is 1. The van der Waals surface area contributed by atoms with Crippen LogP contribution >= 0.6 is 0 Å². The highest BCUT2D eigenvalue weighted by atomic mass is 16.1. The molecule has 0 fully saturated rings. The summed E-state index contributed by atoms with van der Waals surface area (Å²) >= 11 is 0. The molecule has 0 aliphatic heterocycles. The second kappa shape index (κ2) is 7.46. The van der Waals surface area contributed by atoms with E-state index in [0.29, 0.717) is 17.7 Å². The Hall–Kier alpha value is -1.86. The van der Waals surface area contributed by atoms with Gasteiger partial charge in [-0.3, -0.25) is 4.79 Å². The van der Waals surface area contributed by atoms with E-state index in [4.69, 9.17) is 5.26 Å². The fraction of sp³-hybridized carbons (Fsp3) is 0.429. The first-order chi connectivity index (χ1) is 8.71. The van der Waals surface area contributed by atoms with E-state index >= 15 is 0 Å². The Morgan fingerprint density at radius 3 is 2.39 bits per heavy atom. The molecule has 1 rings (SSSR count). The number of nitrogens with one attached hydrogen (secondary N) is 2. The number of nitrogens with zero attached hydrogens (tertiary/aromatic N) is 1. The number of hydrogen-bond donors (Lipinski definition) is 2. The van der Waals surface area contributed by atoms with Gasteiger partial charge in [0.05, 0.1) is 37.8 Å². The van der Waals surface area contributed by atoms with Gasteiger partial charge in [-0.25, -0.2) is 0 Å². The highest BCUT2D eigenvalue weighted by molar-refractivity contribution is 5.94. The largest absolute Gasteiger partial charge is 0.346 e. The van der Waals surface area contributed by atoms with Crippen molar-refractivity contribution in [1.82, 2.24) is 5.32 Å². The van der Waals surface area contributed by atoms with Gasteiger partial charge in [0, 0.05) is 5.56 Å². The Morgan fingerprint density at radius 2 is 1.89 bits per heavy atom. The molecule has 4 nitrogen and oxygen atoms in total. The molecule has 0 aliphatic carbocycles. The number of quaternary nitrogens is 1. The molecular formula is C14H20N3O+. The third-order valence-corrected chi connectivity index (χ3v) is 3.04. The van der Waals surface area contributed by atoms with Crippen LogP contribution in [-0.2, 0) is 0 Å². The second-order valence-corrected chi connectivity index (χ2v) is 4.15. The molecule has 4 heteroatoms. The van der Waals surface area contributed by atoms with Crippen molar-refractivity contribution in [3.63, 3.8) is 0 Å². The smallest absolute Gasteiger partial charge is 0.251 e. The topological polar surface area (TPSA) is 57.3 Å². The number of amides is 1. The van der Waals surface area contributed by atoms with Gasteiger partial charge < -0.3 is 10.2 Å². The molecule has 0 saturated heterocycles. The highest BCUT2D eigenvalue weighted by Gasteiger charge is 2.07. The fourth-order valence-corrected chi connectivity index (χ4v) is 1.75. The van der Waals surface area contributed by atoms with E-state index in [1.54, 1.807) is 24.3 Å². The van der Waals surface area contributed by atoms with Crippen molar-refractivity contribution in [1.29, 1.82) is 5.26 Å². The van der Waals surface area contributed by atoms with E-state index in [1.807, 2.05) is 6.07 Å². The van der Waals surface area contributed by atoms with Gasteiger partial charge in [0.2, 0.25) is 0 Å². The predicted octanol–water partition coefficient (Wildman–Crippen LogP) is 0.213. The van der Waals surface area contributed by atoms with Crippen molar-refractivity contribution in [3.8, 4) is 6.07 Å². The molecule has 1 aromatic carbocycles. The van der Waals surface area contributed by atoms with Gasteiger partial charge in [-0.1, -0.05) is 0 Å². The zero-order valence-electron chi connectivity index (χ0n) is 11.0. The summed E-state index contributed by atoms with van der Waals surface area (Å²) in [5.74, 6) is -0.0777. The maximum atomic E-state index is 11.8. The lowest BCUT2D eigenvalue weighted by molar-refractivity contribution is -0.895. The standard InChI is InChI=1S/C14H19N3O/c1-3-17(4-2)10-9-16-14(18)13-7-5-12(11-15)6-8-13/h5-8H,3-4,9-10H2,1-2H3,(H,16,18)/p+1. The molecule has 18 heavy (non-hydrogen) atoms. The summed E-state index contributed by atoms with van der Waals surface area (Å²) in [7, 11) is 0. The fourth-order valence-electron chi connectivity index (χ4n) is 1.75. The van der Waals surface area contributed by atoms with E-state index in [2.05, 4.69) is 19.2 Å². The second-order valence-electron chi connectivity index (χ2n) is 4.15. The lowest BCUT2D eigenvalue weighted by Gasteiger charge is -2.15. The Balaban J connectivity index is 2.43. The summed E-state index contributed by atoms with van der Waals surface area (Å²) in [5.41, 5.74) is 1.17. The molecule has 0 saturated carbocycles. The Bertz CT molecular complexity index is 416. The first kappa shape index (κ1) is 14.2. The molecule has 1 aromatic rings. The normalized spacial score (nSPS) is 10.1. The molecule has 0 spiro atoms. The number of hydrogen-bond acceptors (Lipinski definition) is 2. The van der Waals surface area contributed by atoms with Gasteiger partial charge in [-0.05, 0) is 38.1 Å². The van der Waals surface area contributed by atoms with E-state index in [-0.39, 0.29) is 5.91 Å². The van der Waals surface area contributed by atoms with Gasteiger partial charge >= 0.3 is 0 Å². The van der Waals surface area contributed by atoms with Crippen LogP contribution in [0.25, 0.3) is 0 Å². The average Bonchev–Trinajstić information content (AvgIpc) is 2.43. The Kier molecular flexibility index (Phi) is 5.89. The van der Waals surface area contributed by atoms with Gasteiger partial charge in [-0.2, -0.15) is 5.26 Å². The van der Waals surface area contributed by atoms with Crippen LogP contribution in [-0.4, -0.2) is 32.1 Å². The van der Waals surface area contributed by atoms with Crippen LogP contribution in [0.1, 0.15) is 29.8 Å². The van der Waals surface area contributed by atoms with Crippen molar-refractivity contribution in [2.24, 2.45) is 0 Å². The Morgan fingerprint density at radius 1 is 1.28 bits per heavy atom. The molecule has 0 aliphatic rings. The van der Waals surface area contributed by atoms with Crippen molar-refractivity contribution >= 4 is 5.91 Å². The number of likely N-dealkylation sites (N-methyl/N-ethyl adjacent to an activating group) is 1. The number of rotatable bonds is 6. The van der Waals surface area contributed by atoms with Crippen LogP contribution in [0.3, 0.4) is 0 Å². The van der Waals surface area contributed by atoms with Gasteiger partial charge in [0.15, 0.2) is 0 Å². The van der Waals surface area contributed by atoms with Crippen molar-refractivity contribution in [3.05, 3.63) is 35.4 Å². The third-order valence-electron chi connectivity index (χ3n) is 3.04. The number of carbonyl (C=O) groups is 1. The monoisotopic (exact) mass is 246 g/mol. The maximum absolute atomic E-state index is 11.8. The molecule has 0 bridgehead atoms. The third kappa shape index (κ3) is 4.19. The average molecular weight is 246 g/mol. The molecule has 0 radical (unpaired) electrons. The van der Waals surface area contributed by atoms with E-state index in [9.17, 15) is 4.79 Å². The van der Waals surface area contributed by atoms with Crippen molar-refractivity contribution in [2.45, 2.75) is 13.8 Å². The quantitative estimate of drug-likeness (QED) is 0.754. The lowest BCUT2D eigenvalue weighted by atomic mass is 10.1. The van der Waals surface area contributed by atoms with Gasteiger partial charge in [-0.15, -0.1) is 0 Å². The first-order valence-electron chi connectivity index (χ1n) is 6.33. The molecular weight excluding hydrogens is 226 g/mol. The number of benzene rings is 1. The zero-order chi connectivity index (χ0) is 13.4. The zero-order valence-corrected chi connectivity index (χ0v) is 11.0. The highest BCUT2D eigenvalue weighted by Crippen LogP contribution is 2.02. The van der Waals surface area contributed by atoms with Gasteiger partial charge in [0.25, 0.3) is 5.91 Å². The molecule has 0 atom stereocenters. The van der Waals surface area contributed by atoms with Crippen LogP contribution in [0.5, 0.6) is 0 Å². The Labute approximate surface area is 108 Å². The molecule has 0 unspecified atom stereocenters. The lowest BCUT2D eigenvalue weighted by Crippen LogP contribution is -3.12. The van der Waals surface area contributed by atoms with Crippen molar-refractivity contribution in [2.75, 3.05) is 26.2 Å². The number of nitriles is 1. The SMILES string of the molecule is CC[NH+](CC)CCNC(=O)c1ccc(C#N)cc1. The van der Waals surface area contributed by atoms with Crippen LogP contribution < -0.4 is 10.2 Å². The summed E-state index contributed by atoms with van der Waals surface area (Å²) in [6.07, 6.45) is 0. The van der Waals surface area contributed by atoms with Gasteiger partial charge in [0.1, 0.15) is 0 Å². The van der Waals surface area contributed by atoms with Crippen molar-refractivity contribution < 1.29 is 9.69 Å².